The Morgan fingerprint density at radius 2 is 1.10 bits per heavy atom. The van der Waals surface area contributed by atoms with Crippen LogP contribution in [-0.2, 0) is 64.0 Å². The van der Waals surface area contributed by atoms with Crippen molar-refractivity contribution >= 4 is 76.9 Å². The Morgan fingerprint density at radius 3 is 1.57 bits per heavy atom. The summed E-state index contributed by atoms with van der Waals surface area (Å²) in [6.45, 7) is 14.2. The molecule has 532 valence electrons. The molecule has 24 N–H and O–H groups in total. The molecule has 14 atom stereocenters. The van der Waals surface area contributed by atoms with Crippen molar-refractivity contribution in [1.82, 2.24) is 58.1 Å². The van der Waals surface area contributed by atoms with E-state index in [1.165, 1.54) is 18.2 Å². The summed E-state index contributed by atoms with van der Waals surface area (Å²) in [6, 6.07) is -10.5. The Bertz CT molecular complexity index is 2720. The number of aliphatic hydroxyl groups is 5. The number of carbonyl (C=O) groups is 12. The highest BCUT2D eigenvalue weighted by Crippen LogP contribution is 2.18. The van der Waals surface area contributed by atoms with Gasteiger partial charge >= 0.3 is 5.97 Å². The highest BCUT2D eigenvalue weighted by atomic mass is 16.4. The Hall–Kier alpha value is -8.31. The monoisotopic (exact) mass is 1340 g/mol. The average molecular weight is 1340 g/mol. The van der Waals surface area contributed by atoms with Gasteiger partial charge in [0, 0.05) is 19.5 Å². The number of nitrogens with zero attached hydrogens (tertiary/aromatic N) is 1. The van der Waals surface area contributed by atoms with Gasteiger partial charge in [-0.15, -0.1) is 0 Å². The van der Waals surface area contributed by atoms with E-state index in [4.69, 9.17) is 22.6 Å². The summed E-state index contributed by atoms with van der Waals surface area (Å²) >= 11 is 0. The molecule has 11 amide bonds. The van der Waals surface area contributed by atoms with E-state index >= 15 is 0 Å². The van der Waals surface area contributed by atoms with Gasteiger partial charge in [0.05, 0.1) is 38.0 Å². The standard InChI is InChI=1S/C60H103N15O19/c1-12-32(10)43(56(90)73-44(33(11)78)55(89)66-26-42(80)71-46(48(82)49(62)83)58(92)75(19-20-76)41(27-77)59(93)94)72-51(85)37(17-14-18-65-60(63)64)67-52(86)39(23-30(6)7)70-57(91)45(47(81)31(8)9)74-54(88)40(25-34-15-13-16-35(79)24-34)69-53(87)38(22-29(4)5)68-50(84)36(61)21-28(2)3/h13,15-16,24,28-33,36-41,43-48,76-79,81-82H,12,14,17-23,25-27,61H2,1-11H3,(H2,62,83)(H,66,89)(H,67,86)(H,68,84)(H,69,87)(H,70,91)(H,71,80)(H,72,85)(H,73,90)(H,74,88)(H,93,94)(H4,63,64,65)/t32-,33-,36+,37+,38-,39-,40-,41-,43-,44-,45-,46-,47?,48?/m0/s1. The number of aliphatic carboxylic acids is 1. The van der Waals surface area contributed by atoms with Crippen molar-refractivity contribution < 1.29 is 93.3 Å². The molecule has 0 aliphatic rings. The van der Waals surface area contributed by atoms with Crippen LogP contribution in [-0.4, -0.2) is 229 Å². The molecule has 0 spiro atoms. The second-order valence-electron chi connectivity index (χ2n) is 24.8. The molecule has 0 aliphatic carbocycles. The molecule has 0 aliphatic heterocycles. The minimum Gasteiger partial charge on any atom is -0.508 e. The van der Waals surface area contributed by atoms with Crippen molar-refractivity contribution in [2.45, 2.75) is 200 Å². The van der Waals surface area contributed by atoms with Crippen LogP contribution in [0.5, 0.6) is 5.75 Å². The molecule has 34 nitrogen and oxygen atoms in total. The number of nitrogens with one attached hydrogen (secondary N) is 11. The van der Waals surface area contributed by atoms with Crippen LogP contribution < -0.4 is 70.4 Å². The van der Waals surface area contributed by atoms with Gasteiger partial charge in [-0.1, -0.05) is 87.8 Å². The van der Waals surface area contributed by atoms with Crippen LogP contribution in [0.2, 0.25) is 0 Å². The topological polar surface area (TPSA) is 572 Å². The maximum absolute atomic E-state index is 14.6. The molecule has 1 rings (SSSR count). The second-order valence-corrected chi connectivity index (χ2v) is 24.8. The van der Waals surface area contributed by atoms with E-state index in [1.807, 2.05) is 33.0 Å². The fourth-order valence-electron chi connectivity index (χ4n) is 9.54. The van der Waals surface area contributed by atoms with Gasteiger partial charge in [-0.2, -0.15) is 0 Å². The lowest BCUT2D eigenvalue weighted by Crippen LogP contribution is -2.63. The molecule has 0 fully saturated rings. The predicted molar refractivity (Wildman–Crippen MR) is 340 cm³/mol. The van der Waals surface area contributed by atoms with Crippen LogP contribution in [0, 0.1) is 35.0 Å². The number of carboxylic acid groups (broad SMARTS) is 1. The van der Waals surface area contributed by atoms with Crippen LogP contribution in [0.25, 0.3) is 0 Å². The van der Waals surface area contributed by atoms with Crippen LogP contribution >= 0.6 is 0 Å². The lowest BCUT2D eigenvalue weighted by Gasteiger charge is -2.32. The smallest absolute Gasteiger partial charge is 0.328 e. The zero-order valence-corrected chi connectivity index (χ0v) is 55.4. The number of guanidine groups is 1. The van der Waals surface area contributed by atoms with E-state index in [2.05, 4.69) is 47.9 Å². The maximum Gasteiger partial charge on any atom is 0.328 e. The fourth-order valence-corrected chi connectivity index (χ4v) is 9.54. The van der Waals surface area contributed by atoms with Gasteiger partial charge < -0.3 is 111 Å². The third kappa shape index (κ3) is 28.9. The number of phenols is 1. The zero-order valence-electron chi connectivity index (χ0n) is 55.4. The number of carbonyl (C=O) groups excluding carboxylic acids is 11. The number of hydrogen-bond acceptors (Lipinski definition) is 20. The van der Waals surface area contributed by atoms with Crippen LogP contribution in [0.3, 0.4) is 0 Å². The Balaban J connectivity index is 3.69. The summed E-state index contributed by atoms with van der Waals surface area (Å²) in [5.74, 6) is -16.4. The molecule has 94 heavy (non-hydrogen) atoms. The second kappa shape index (κ2) is 41.4. The van der Waals surface area contributed by atoms with E-state index < -0.39 is 194 Å². The third-order valence-electron chi connectivity index (χ3n) is 14.9. The van der Waals surface area contributed by atoms with Crippen molar-refractivity contribution in [3.05, 3.63) is 29.8 Å². The van der Waals surface area contributed by atoms with Gasteiger partial charge in [0.15, 0.2) is 18.1 Å². The third-order valence-corrected chi connectivity index (χ3v) is 14.9. The van der Waals surface area contributed by atoms with Gasteiger partial charge in [0.1, 0.15) is 54.1 Å². The van der Waals surface area contributed by atoms with Gasteiger partial charge in [-0.05, 0) is 86.3 Å². The normalized spacial score (nSPS) is 15.9. The number of hydrogen-bond donors (Lipinski definition) is 21. The summed E-state index contributed by atoms with van der Waals surface area (Å²) in [5, 5.41) is 104. The van der Waals surface area contributed by atoms with Gasteiger partial charge in [-0.3, -0.25) is 58.1 Å². The van der Waals surface area contributed by atoms with Gasteiger partial charge in [0.25, 0.3) is 0 Å². The van der Waals surface area contributed by atoms with E-state index in [0.29, 0.717) is 16.9 Å². The summed E-state index contributed by atoms with van der Waals surface area (Å²) < 4.78 is 0. The maximum atomic E-state index is 14.6. The highest BCUT2D eigenvalue weighted by Gasteiger charge is 2.42. The first-order valence-corrected chi connectivity index (χ1v) is 31.2. The molecule has 0 heterocycles. The zero-order chi connectivity index (χ0) is 72.0. The van der Waals surface area contributed by atoms with E-state index in [9.17, 15) is 93.3 Å². The number of benzene rings is 1. The Labute approximate surface area is 547 Å². The minimum atomic E-state index is -2.51. The van der Waals surface area contributed by atoms with Crippen LogP contribution in [0.4, 0.5) is 0 Å². The Morgan fingerprint density at radius 1 is 0.596 bits per heavy atom. The number of carboxylic acids is 1. The largest absolute Gasteiger partial charge is 0.508 e. The van der Waals surface area contributed by atoms with E-state index in [-0.39, 0.29) is 68.6 Å². The lowest BCUT2D eigenvalue weighted by atomic mass is 9.96. The van der Waals surface area contributed by atoms with Crippen molar-refractivity contribution in [2.75, 3.05) is 32.8 Å². The molecule has 0 saturated heterocycles. The van der Waals surface area contributed by atoms with Gasteiger partial charge in [0.2, 0.25) is 65.0 Å². The molecule has 0 saturated carbocycles. The fraction of sp³-hybridized carbons (Fsp3) is 0.683. The summed E-state index contributed by atoms with van der Waals surface area (Å²) in [7, 11) is 0. The first kappa shape index (κ1) is 83.7. The SMILES string of the molecule is CC[C@H](C)[C@H](NC(=O)[C@@H](CCCNC(=N)N)NC(=O)[C@H](CC(C)C)NC(=O)[C@@H](NC(=O)[C@H](Cc1cccc(O)c1)NC(=O)[C@H](CC(C)C)NC(=O)[C@H](N)CC(C)C)C(O)C(C)C)C(=O)N[C@H](C(=O)NCC(=O)N[C@H](C(=O)N(CCO)[C@@H](CO)C(=O)O)C(O)C(N)=O)[C@H](C)O. The molecule has 0 bridgehead atoms. The Kier molecular flexibility index (Phi) is 36.9. The molecular weight excluding hydrogens is 1230 g/mol. The molecule has 1 aromatic carbocycles. The number of aromatic hydroxyl groups is 1. The van der Waals surface area contributed by atoms with Crippen molar-refractivity contribution in [1.29, 1.82) is 5.41 Å². The highest BCUT2D eigenvalue weighted by molar-refractivity contribution is 6.00. The first-order valence-electron chi connectivity index (χ1n) is 31.2. The molecule has 0 aromatic heterocycles. The predicted octanol–water partition coefficient (Wildman–Crippen LogP) is -5.79. The average Bonchev–Trinajstić information content (AvgIpc) is 0.851. The minimum absolute atomic E-state index is 0.000205. The number of nitrogens with two attached hydrogens (primary N) is 3. The molecule has 0 radical (unpaired) electrons. The summed E-state index contributed by atoms with van der Waals surface area (Å²) in [5.41, 5.74) is 17.2. The molecule has 2 unspecified atom stereocenters. The molecular formula is C60H103N15O19. The quantitative estimate of drug-likeness (QED) is 0.0165. The van der Waals surface area contributed by atoms with E-state index in [0.717, 1.165) is 6.92 Å². The lowest BCUT2D eigenvalue weighted by molar-refractivity contribution is -0.156. The number of amides is 11. The van der Waals surface area contributed by atoms with Gasteiger partial charge in [-0.25, -0.2) is 4.79 Å². The number of primary amides is 1. The number of rotatable bonds is 43. The van der Waals surface area contributed by atoms with Crippen LogP contribution in [0.1, 0.15) is 120 Å². The van der Waals surface area contributed by atoms with E-state index in [1.54, 1.807) is 47.6 Å². The van der Waals surface area contributed by atoms with Crippen molar-refractivity contribution in [2.24, 2.45) is 46.8 Å². The number of aliphatic hydroxyl groups excluding tert-OH is 5. The van der Waals surface area contributed by atoms with Crippen molar-refractivity contribution in [3.63, 3.8) is 0 Å². The first-order chi connectivity index (χ1) is 43.8. The summed E-state index contributed by atoms with van der Waals surface area (Å²) in [6.07, 6.45) is -5.78. The van der Waals surface area contributed by atoms with Crippen LogP contribution in [0.15, 0.2) is 24.3 Å². The van der Waals surface area contributed by atoms with Crippen molar-refractivity contribution in [3.8, 4) is 5.75 Å². The summed E-state index contributed by atoms with van der Waals surface area (Å²) in [4.78, 5) is 164. The number of phenolic OH excluding ortho intramolecular Hbond substituents is 1. The molecule has 34 heteroatoms. The molecule has 1 aromatic rings.